The van der Waals surface area contributed by atoms with E-state index >= 15 is 0 Å². The molecule has 0 aliphatic carbocycles. The largest absolute Gasteiger partial charge is 0.465 e. The molecule has 116 valence electrons. The standard InChI is InChI=1S/C19H23NO2/c1-4-18(16-9-5-14(2)6-10-16)20-13-15-7-11-17(12-8-15)19(21)22-3/h5-12,18,20H,4,13H2,1-3H3. The zero-order chi connectivity index (χ0) is 15.9. The van der Waals surface area contributed by atoms with Crippen LogP contribution in [0.1, 0.15) is 46.4 Å². The summed E-state index contributed by atoms with van der Waals surface area (Å²) in [6.07, 6.45) is 1.03. The van der Waals surface area contributed by atoms with Crippen molar-refractivity contribution < 1.29 is 9.53 Å². The van der Waals surface area contributed by atoms with Gasteiger partial charge in [-0.15, -0.1) is 0 Å². The number of carbonyl (C=O) groups is 1. The molecule has 2 rings (SSSR count). The van der Waals surface area contributed by atoms with E-state index in [9.17, 15) is 4.79 Å². The second-order valence-electron chi connectivity index (χ2n) is 5.44. The van der Waals surface area contributed by atoms with Crippen LogP contribution < -0.4 is 5.32 Å². The van der Waals surface area contributed by atoms with Gasteiger partial charge in [-0.2, -0.15) is 0 Å². The Hall–Kier alpha value is -2.13. The second-order valence-corrected chi connectivity index (χ2v) is 5.44. The number of carbonyl (C=O) groups excluding carboxylic acids is 1. The average Bonchev–Trinajstić information content (AvgIpc) is 2.56. The molecule has 0 spiro atoms. The van der Waals surface area contributed by atoms with Crippen molar-refractivity contribution in [1.82, 2.24) is 5.32 Å². The van der Waals surface area contributed by atoms with Crippen LogP contribution >= 0.6 is 0 Å². The Morgan fingerprint density at radius 3 is 2.27 bits per heavy atom. The van der Waals surface area contributed by atoms with E-state index in [4.69, 9.17) is 4.74 Å². The molecule has 0 saturated carbocycles. The maximum Gasteiger partial charge on any atom is 0.337 e. The highest BCUT2D eigenvalue weighted by Gasteiger charge is 2.09. The van der Waals surface area contributed by atoms with Gasteiger partial charge < -0.3 is 10.1 Å². The van der Waals surface area contributed by atoms with Gasteiger partial charge in [0.05, 0.1) is 12.7 Å². The molecule has 0 aromatic heterocycles. The maximum atomic E-state index is 11.4. The van der Waals surface area contributed by atoms with E-state index in [-0.39, 0.29) is 5.97 Å². The average molecular weight is 297 g/mol. The number of nitrogens with one attached hydrogen (secondary N) is 1. The minimum atomic E-state index is -0.300. The molecule has 0 aliphatic heterocycles. The summed E-state index contributed by atoms with van der Waals surface area (Å²) >= 11 is 0. The summed E-state index contributed by atoms with van der Waals surface area (Å²) in [5.74, 6) is -0.300. The summed E-state index contributed by atoms with van der Waals surface area (Å²) in [7, 11) is 1.39. The van der Waals surface area contributed by atoms with Crippen molar-refractivity contribution in [3.8, 4) is 0 Å². The van der Waals surface area contributed by atoms with Crippen LogP contribution in [-0.2, 0) is 11.3 Å². The number of rotatable bonds is 6. The highest BCUT2D eigenvalue weighted by atomic mass is 16.5. The zero-order valence-corrected chi connectivity index (χ0v) is 13.4. The molecule has 3 nitrogen and oxygen atoms in total. The fourth-order valence-corrected chi connectivity index (χ4v) is 2.41. The van der Waals surface area contributed by atoms with Crippen LogP contribution in [0.4, 0.5) is 0 Å². The van der Waals surface area contributed by atoms with Crippen LogP contribution in [0.15, 0.2) is 48.5 Å². The number of benzene rings is 2. The third-order valence-corrected chi connectivity index (χ3v) is 3.82. The summed E-state index contributed by atoms with van der Waals surface area (Å²) in [5, 5.41) is 3.57. The van der Waals surface area contributed by atoms with Gasteiger partial charge in [-0.1, -0.05) is 48.9 Å². The van der Waals surface area contributed by atoms with Gasteiger partial charge in [0, 0.05) is 12.6 Å². The fraction of sp³-hybridized carbons (Fsp3) is 0.316. The molecule has 1 unspecified atom stereocenters. The monoisotopic (exact) mass is 297 g/mol. The molecule has 0 bridgehead atoms. The van der Waals surface area contributed by atoms with Crippen LogP contribution in [-0.4, -0.2) is 13.1 Å². The van der Waals surface area contributed by atoms with Crippen molar-refractivity contribution in [2.75, 3.05) is 7.11 Å². The van der Waals surface area contributed by atoms with Crippen LogP contribution in [0.2, 0.25) is 0 Å². The SMILES string of the molecule is CCC(NCc1ccc(C(=O)OC)cc1)c1ccc(C)cc1. The molecule has 2 aromatic carbocycles. The van der Waals surface area contributed by atoms with E-state index in [1.807, 2.05) is 12.1 Å². The minimum Gasteiger partial charge on any atom is -0.465 e. The first-order valence-corrected chi connectivity index (χ1v) is 7.61. The number of ether oxygens (including phenoxy) is 1. The van der Waals surface area contributed by atoms with E-state index in [0.29, 0.717) is 11.6 Å². The van der Waals surface area contributed by atoms with Crippen molar-refractivity contribution in [2.45, 2.75) is 32.9 Å². The summed E-state index contributed by atoms with van der Waals surface area (Å²) in [4.78, 5) is 11.4. The molecule has 0 heterocycles. The molecular weight excluding hydrogens is 274 g/mol. The lowest BCUT2D eigenvalue weighted by Gasteiger charge is -2.18. The summed E-state index contributed by atoms with van der Waals surface area (Å²) < 4.78 is 4.70. The number of hydrogen-bond donors (Lipinski definition) is 1. The fourth-order valence-electron chi connectivity index (χ4n) is 2.41. The highest BCUT2D eigenvalue weighted by Crippen LogP contribution is 2.18. The number of hydrogen-bond acceptors (Lipinski definition) is 3. The third-order valence-electron chi connectivity index (χ3n) is 3.82. The maximum absolute atomic E-state index is 11.4. The van der Waals surface area contributed by atoms with E-state index in [2.05, 4.69) is 43.4 Å². The van der Waals surface area contributed by atoms with Gasteiger partial charge in [0.25, 0.3) is 0 Å². The Kier molecular flexibility index (Phi) is 5.73. The van der Waals surface area contributed by atoms with E-state index in [1.165, 1.54) is 18.2 Å². The van der Waals surface area contributed by atoms with Gasteiger partial charge in [0.15, 0.2) is 0 Å². The Morgan fingerprint density at radius 2 is 1.73 bits per heavy atom. The van der Waals surface area contributed by atoms with Crippen molar-refractivity contribution >= 4 is 5.97 Å². The van der Waals surface area contributed by atoms with Gasteiger partial charge in [-0.3, -0.25) is 0 Å². The number of aryl methyl sites for hydroxylation is 1. The Labute approximate surface area is 132 Å². The topological polar surface area (TPSA) is 38.3 Å². The molecule has 2 aromatic rings. The van der Waals surface area contributed by atoms with E-state index in [1.54, 1.807) is 12.1 Å². The Balaban J connectivity index is 1.98. The summed E-state index contributed by atoms with van der Waals surface area (Å²) in [6, 6.07) is 16.5. The van der Waals surface area contributed by atoms with Gasteiger partial charge in [-0.05, 0) is 36.6 Å². The molecule has 1 atom stereocenters. The van der Waals surface area contributed by atoms with Crippen LogP contribution in [0.5, 0.6) is 0 Å². The number of esters is 1. The predicted molar refractivity (Wildman–Crippen MR) is 88.8 cm³/mol. The van der Waals surface area contributed by atoms with Gasteiger partial charge >= 0.3 is 5.97 Å². The third kappa shape index (κ3) is 4.18. The lowest BCUT2D eigenvalue weighted by atomic mass is 10.0. The molecule has 1 N–H and O–H groups in total. The molecular formula is C19H23NO2. The predicted octanol–water partition coefficient (Wildman–Crippen LogP) is 4.02. The van der Waals surface area contributed by atoms with Crippen LogP contribution in [0, 0.1) is 6.92 Å². The number of methoxy groups -OCH3 is 1. The normalized spacial score (nSPS) is 12.0. The Bertz CT molecular complexity index is 602. The Morgan fingerprint density at radius 1 is 1.09 bits per heavy atom. The molecule has 0 fully saturated rings. The van der Waals surface area contributed by atoms with E-state index < -0.39 is 0 Å². The van der Waals surface area contributed by atoms with Crippen molar-refractivity contribution in [1.29, 1.82) is 0 Å². The van der Waals surface area contributed by atoms with E-state index in [0.717, 1.165) is 18.5 Å². The smallest absolute Gasteiger partial charge is 0.337 e. The molecule has 0 aliphatic rings. The van der Waals surface area contributed by atoms with Gasteiger partial charge in [-0.25, -0.2) is 4.79 Å². The zero-order valence-electron chi connectivity index (χ0n) is 13.4. The lowest BCUT2D eigenvalue weighted by Crippen LogP contribution is -2.20. The molecule has 0 amide bonds. The first kappa shape index (κ1) is 16.2. The van der Waals surface area contributed by atoms with Crippen LogP contribution in [0.25, 0.3) is 0 Å². The van der Waals surface area contributed by atoms with Gasteiger partial charge in [0.2, 0.25) is 0 Å². The van der Waals surface area contributed by atoms with Crippen molar-refractivity contribution in [3.05, 3.63) is 70.8 Å². The molecule has 0 radical (unpaired) electrons. The second kappa shape index (κ2) is 7.76. The summed E-state index contributed by atoms with van der Waals surface area (Å²) in [6.45, 7) is 5.05. The first-order valence-electron chi connectivity index (χ1n) is 7.61. The van der Waals surface area contributed by atoms with Crippen molar-refractivity contribution in [3.63, 3.8) is 0 Å². The quantitative estimate of drug-likeness (QED) is 0.818. The van der Waals surface area contributed by atoms with Crippen molar-refractivity contribution in [2.24, 2.45) is 0 Å². The lowest BCUT2D eigenvalue weighted by molar-refractivity contribution is 0.0600. The molecule has 3 heteroatoms. The summed E-state index contributed by atoms with van der Waals surface area (Å²) in [5.41, 5.74) is 4.31. The highest BCUT2D eigenvalue weighted by molar-refractivity contribution is 5.89. The molecule has 22 heavy (non-hydrogen) atoms. The minimum absolute atomic E-state index is 0.300. The molecule has 0 saturated heterocycles. The van der Waals surface area contributed by atoms with Gasteiger partial charge in [0.1, 0.15) is 0 Å². The first-order chi connectivity index (χ1) is 10.6. The van der Waals surface area contributed by atoms with Crippen LogP contribution in [0.3, 0.4) is 0 Å².